The Kier molecular flexibility index (Phi) is 2.69. The molecule has 1 aromatic carbocycles. The zero-order chi connectivity index (χ0) is 13.6. The summed E-state index contributed by atoms with van der Waals surface area (Å²) in [5, 5.41) is 0.959. The van der Waals surface area contributed by atoms with Crippen LogP contribution < -0.4 is 15.2 Å². The fourth-order valence-corrected chi connectivity index (χ4v) is 2.43. The molecule has 5 heteroatoms. The van der Waals surface area contributed by atoms with Crippen molar-refractivity contribution in [2.45, 2.75) is 33.2 Å². The standard InChI is InChI=1S/C14H16N2O3/c1-4-16-10-6-12-11(18-7-19-12)5-9(10)13(8(2)3)15-14(16)17/h5-6,8H,4,7H2,1-3H3. The molecule has 1 aliphatic heterocycles. The number of ether oxygens (including phenoxy) is 2. The van der Waals surface area contributed by atoms with Gasteiger partial charge in [0.1, 0.15) is 0 Å². The van der Waals surface area contributed by atoms with E-state index < -0.39 is 0 Å². The topological polar surface area (TPSA) is 53.4 Å². The summed E-state index contributed by atoms with van der Waals surface area (Å²) >= 11 is 0. The fraction of sp³-hybridized carbons (Fsp3) is 0.429. The van der Waals surface area contributed by atoms with Crippen LogP contribution in [0.2, 0.25) is 0 Å². The molecule has 0 saturated carbocycles. The molecule has 100 valence electrons. The van der Waals surface area contributed by atoms with Gasteiger partial charge in [0.05, 0.1) is 11.2 Å². The largest absolute Gasteiger partial charge is 0.454 e. The highest BCUT2D eigenvalue weighted by atomic mass is 16.7. The van der Waals surface area contributed by atoms with Gasteiger partial charge in [-0.2, -0.15) is 4.98 Å². The Morgan fingerprint density at radius 2 is 2.00 bits per heavy atom. The summed E-state index contributed by atoms with van der Waals surface area (Å²) in [5.41, 5.74) is 1.45. The lowest BCUT2D eigenvalue weighted by atomic mass is 10.0. The van der Waals surface area contributed by atoms with Gasteiger partial charge in [0.15, 0.2) is 11.5 Å². The third kappa shape index (κ3) is 1.77. The second-order valence-electron chi connectivity index (χ2n) is 4.90. The summed E-state index contributed by atoms with van der Waals surface area (Å²) in [5.74, 6) is 1.59. The number of benzene rings is 1. The number of fused-ring (bicyclic) bond motifs is 2. The van der Waals surface area contributed by atoms with Gasteiger partial charge in [-0.15, -0.1) is 0 Å². The highest BCUT2D eigenvalue weighted by Gasteiger charge is 2.19. The SMILES string of the molecule is CCn1c(=O)nc(C(C)C)c2cc3c(cc21)OCO3. The summed E-state index contributed by atoms with van der Waals surface area (Å²) in [6.45, 7) is 6.80. The van der Waals surface area contributed by atoms with Gasteiger partial charge < -0.3 is 9.47 Å². The predicted molar refractivity (Wildman–Crippen MR) is 71.9 cm³/mol. The molecule has 0 N–H and O–H groups in total. The minimum absolute atomic E-state index is 0.182. The van der Waals surface area contributed by atoms with E-state index in [1.165, 1.54) is 0 Å². The maximum atomic E-state index is 12.1. The number of nitrogens with zero attached hydrogens (tertiary/aromatic N) is 2. The van der Waals surface area contributed by atoms with E-state index in [0.717, 1.165) is 22.3 Å². The molecule has 0 fully saturated rings. The zero-order valence-corrected chi connectivity index (χ0v) is 11.3. The average Bonchev–Trinajstić information content (AvgIpc) is 2.82. The smallest absolute Gasteiger partial charge is 0.348 e. The molecular formula is C14H16N2O3. The van der Waals surface area contributed by atoms with Crippen LogP contribution in [-0.4, -0.2) is 16.3 Å². The van der Waals surface area contributed by atoms with E-state index in [-0.39, 0.29) is 18.4 Å². The van der Waals surface area contributed by atoms with Crippen molar-refractivity contribution in [2.24, 2.45) is 0 Å². The minimum Gasteiger partial charge on any atom is -0.454 e. The Morgan fingerprint density at radius 3 is 2.63 bits per heavy atom. The van der Waals surface area contributed by atoms with E-state index in [2.05, 4.69) is 4.98 Å². The summed E-state index contributed by atoms with van der Waals surface area (Å²) in [4.78, 5) is 16.3. The van der Waals surface area contributed by atoms with Gasteiger partial charge in [-0.05, 0) is 18.9 Å². The molecule has 0 spiro atoms. The number of hydrogen-bond donors (Lipinski definition) is 0. The lowest BCUT2D eigenvalue weighted by Gasteiger charge is -2.13. The summed E-state index contributed by atoms with van der Waals surface area (Å²) in [6.07, 6.45) is 0. The highest BCUT2D eigenvalue weighted by molar-refractivity contribution is 5.85. The van der Waals surface area contributed by atoms with Crippen molar-refractivity contribution in [3.8, 4) is 11.5 Å². The van der Waals surface area contributed by atoms with Crippen molar-refractivity contribution < 1.29 is 9.47 Å². The summed E-state index contributed by atoms with van der Waals surface area (Å²) in [7, 11) is 0. The molecule has 5 nitrogen and oxygen atoms in total. The van der Waals surface area contributed by atoms with Crippen LogP contribution in [0, 0.1) is 0 Å². The molecule has 0 amide bonds. The van der Waals surface area contributed by atoms with Crippen molar-refractivity contribution in [1.82, 2.24) is 9.55 Å². The first-order valence-electron chi connectivity index (χ1n) is 6.46. The zero-order valence-electron chi connectivity index (χ0n) is 11.3. The van der Waals surface area contributed by atoms with E-state index in [4.69, 9.17) is 9.47 Å². The van der Waals surface area contributed by atoms with Crippen molar-refractivity contribution in [3.05, 3.63) is 28.3 Å². The number of aryl methyl sites for hydroxylation is 1. The van der Waals surface area contributed by atoms with Crippen molar-refractivity contribution in [3.63, 3.8) is 0 Å². The van der Waals surface area contributed by atoms with Crippen molar-refractivity contribution >= 4 is 10.9 Å². The first-order valence-corrected chi connectivity index (χ1v) is 6.46. The van der Waals surface area contributed by atoms with Gasteiger partial charge in [-0.3, -0.25) is 4.57 Å². The molecular weight excluding hydrogens is 244 g/mol. The monoisotopic (exact) mass is 260 g/mol. The normalized spacial score (nSPS) is 13.5. The second-order valence-corrected chi connectivity index (χ2v) is 4.90. The molecule has 1 aliphatic rings. The van der Waals surface area contributed by atoms with E-state index >= 15 is 0 Å². The first kappa shape index (κ1) is 12.0. The quantitative estimate of drug-likeness (QED) is 0.831. The van der Waals surface area contributed by atoms with E-state index in [9.17, 15) is 4.79 Å². The van der Waals surface area contributed by atoms with Gasteiger partial charge in [-0.25, -0.2) is 4.79 Å². The predicted octanol–water partition coefficient (Wildman–Crippen LogP) is 2.27. The highest BCUT2D eigenvalue weighted by Crippen LogP contribution is 2.37. The Bertz CT molecular complexity index is 704. The Balaban J connectivity index is 2.43. The van der Waals surface area contributed by atoms with Crippen molar-refractivity contribution in [2.75, 3.05) is 6.79 Å². The molecule has 0 saturated heterocycles. The molecule has 0 radical (unpaired) electrons. The Morgan fingerprint density at radius 1 is 1.32 bits per heavy atom. The van der Waals surface area contributed by atoms with E-state index in [1.807, 2.05) is 32.9 Å². The van der Waals surface area contributed by atoms with Crippen LogP contribution in [0.15, 0.2) is 16.9 Å². The number of aromatic nitrogens is 2. The molecule has 0 aliphatic carbocycles. The Hall–Kier alpha value is -2.04. The van der Waals surface area contributed by atoms with Crippen LogP contribution in [0.3, 0.4) is 0 Å². The van der Waals surface area contributed by atoms with Crippen molar-refractivity contribution in [1.29, 1.82) is 0 Å². The van der Waals surface area contributed by atoms with Crippen LogP contribution in [0.25, 0.3) is 10.9 Å². The van der Waals surface area contributed by atoms with Crippen LogP contribution in [0.4, 0.5) is 0 Å². The molecule has 3 rings (SSSR count). The fourth-order valence-electron chi connectivity index (χ4n) is 2.43. The molecule has 2 aromatic rings. The summed E-state index contributed by atoms with van der Waals surface area (Å²) < 4.78 is 12.5. The second kappa shape index (κ2) is 4.26. The van der Waals surface area contributed by atoms with Gasteiger partial charge >= 0.3 is 5.69 Å². The van der Waals surface area contributed by atoms with Gasteiger partial charge in [-0.1, -0.05) is 13.8 Å². The molecule has 2 heterocycles. The van der Waals surface area contributed by atoms with Gasteiger partial charge in [0.25, 0.3) is 0 Å². The third-order valence-corrected chi connectivity index (χ3v) is 3.37. The number of rotatable bonds is 2. The summed E-state index contributed by atoms with van der Waals surface area (Å²) in [6, 6.07) is 3.79. The molecule has 19 heavy (non-hydrogen) atoms. The van der Waals surface area contributed by atoms with E-state index in [0.29, 0.717) is 12.3 Å². The van der Waals surface area contributed by atoms with Gasteiger partial charge in [0, 0.05) is 18.0 Å². The van der Waals surface area contributed by atoms with Gasteiger partial charge in [0.2, 0.25) is 6.79 Å². The average molecular weight is 260 g/mol. The van der Waals surface area contributed by atoms with E-state index in [1.54, 1.807) is 4.57 Å². The maximum absolute atomic E-state index is 12.1. The molecule has 1 aromatic heterocycles. The number of hydrogen-bond acceptors (Lipinski definition) is 4. The Labute approximate surface area is 110 Å². The van der Waals surface area contributed by atoms with Crippen LogP contribution in [0.5, 0.6) is 11.5 Å². The van der Waals surface area contributed by atoms with Crippen LogP contribution >= 0.6 is 0 Å². The van der Waals surface area contributed by atoms with Crippen LogP contribution in [-0.2, 0) is 6.54 Å². The molecule has 0 unspecified atom stereocenters. The van der Waals surface area contributed by atoms with Crippen LogP contribution in [0.1, 0.15) is 32.4 Å². The first-order chi connectivity index (χ1) is 9.11. The third-order valence-electron chi connectivity index (χ3n) is 3.37. The molecule has 0 bridgehead atoms. The molecule has 0 atom stereocenters. The minimum atomic E-state index is -0.211. The maximum Gasteiger partial charge on any atom is 0.348 e. The lowest BCUT2D eigenvalue weighted by Crippen LogP contribution is -2.24. The lowest BCUT2D eigenvalue weighted by molar-refractivity contribution is 0.174.